The van der Waals surface area contributed by atoms with Gasteiger partial charge in [0.1, 0.15) is 0 Å². The standard InChI is InChI=1S/C14H21IN2O/c1-10(7-8-16)3-6-14(18)17-12-5-4-11(2)13(15)9-12/h4-5,9-10H,3,6-8,16H2,1-2H3,(H,17,18). The molecule has 100 valence electrons. The van der Waals surface area contributed by atoms with Gasteiger partial charge in [0.15, 0.2) is 0 Å². The van der Waals surface area contributed by atoms with Crippen molar-refractivity contribution in [2.24, 2.45) is 11.7 Å². The molecule has 1 rings (SSSR count). The number of aryl methyl sites for hydroxylation is 1. The largest absolute Gasteiger partial charge is 0.330 e. The fourth-order valence-corrected chi connectivity index (χ4v) is 2.22. The molecule has 0 spiro atoms. The molecular formula is C14H21IN2O. The minimum absolute atomic E-state index is 0.0820. The van der Waals surface area contributed by atoms with Gasteiger partial charge >= 0.3 is 0 Å². The van der Waals surface area contributed by atoms with E-state index in [1.807, 2.05) is 18.2 Å². The molecule has 1 atom stereocenters. The third kappa shape index (κ3) is 5.35. The first-order valence-electron chi connectivity index (χ1n) is 6.29. The monoisotopic (exact) mass is 360 g/mol. The van der Waals surface area contributed by atoms with Gasteiger partial charge in [0.25, 0.3) is 0 Å². The van der Waals surface area contributed by atoms with Crippen molar-refractivity contribution in [3.05, 3.63) is 27.3 Å². The third-order valence-corrected chi connectivity index (χ3v) is 4.14. The maximum Gasteiger partial charge on any atom is 0.224 e. The van der Waals surface area contributed by atoms with E-state index in [0.717, 1.165) is 18.5 Å². The summed E-state index contributed by atoms with van der Waals surface area (Å²) in [7, 11) is 0. The minimum Gasteiger partial charge on any atom is -0.330 e. The molecule has 4 heteroatoms. The molecular weight excluding hydrogens is 339 g/mol. The lowest BCUT2D eigenvalue weighted by atomic mass is 10.0. The SMILES string of the molecule is Cc1ccc(NC(=O)CCC(C)CCN)cc1I. The first kappa shape index (κ1) is 15.4. The summed E-state index contributed by atoms with van der Waals surface area (Å²) in [5.74, 6) is 0.595. The Hall–Kier alpha value is -0.620. The van der Waals surface area contributed by atoms with Crippen LogP contribution in [0.5, 0.6) is 0 Å². The molecule has 1 aromatic carbocycles. The van der Waals surface area contributed by atoms with Gasteiger partial charge in [0, 0.05) is 15.7 Å². The van der Waals surface area contributed by atoms with Crippen LogP contribution in [0.4, 0.5) is 5.69 Å². The third-order valence-electron chi connectivity index (χ3n) is 2.98. The molecule has 0 radical (unpaired) electrons. The molecule has 3 N–H and O–H groups in total. The normalized spacial score (nSPS) is 12.2. The van der Waals surface area contributed by atoms with Gasteiger partial charge in [-0.2, -0.15) is 0 Å². The Bertz CT molecular complexity index is 407. The molecule has 0 bridgehead atoms. The van der Waals surface area contributed by atoms with Crippen molar-refractivity contribution in [1.29, 1.82) is 0 Å². The predicted octanol–water partition coefficient (Wildman–Crippen LogP) is 3.30. The minimum atomic E-state index is 0.0820. The van der Waals surface area contributed by atoms with Gasteiger partial charge in [-0.05, 0) is 72.5 Å². The van der Waals surface area contributed by atoms with E-state index in [9.17, 15) is 4.79 Å². The number of carbonyl (C=O) groups excluding carboxylic acids is 1. The quantitative estimate of drug-likeness (QED) is 0.765. The van der Waals surface area contributed by atoms with Crippen LogP contribution in [0.25, 0.3) is 0 Å². The van der Waals surface area contributed by atoms with Crippen molar-refractivity contribution >= 4 is 34.2 Å². The summed E-state index contributed by atoms with van der Waals surface area (Å²) in [5.41, 5.74) is 7.59. The number of anilines is 1. The number of rotatable bonds is 6. The average Bonchev–Trinajstić information content (AvgIpc) is 2.32. The maximum atomic E-state index is 11.8. The maximum absolute atomic E-state index is 11.8. The molecule has 0 aromatic heterocycles. The van der Waals surface area contributed by atoms with Gasteiger partial charge in [-0.25, -0.2) is 0 Å². The van der Waals surface area contributed by atoms with E-state index in [4.69, 9.17) is 5.73 Å². The zero-order valence-electron chi connectivity index (χ0n) is 11.0. The summed E-state index contributed by atoms with van der Waals surface area (Å²) >= 11 is 2.27. The van der Waals surface area contributed by atoms with E-state index < -0.39 is 0 Å². The molecule has 0 saturated heterocycles. The molecule has 0 fully saturated rings. The Labute approximate surface area is 123 Å². The molecule has 0 aliphatic heterocycles. The highest BCUT2D eigenvalue weighted by molar-refractivity contribution is 14.1. The Morgan fingerprint density at radius 2 is 2.17 bits per heavy atom. The molecule has 0 saturated carbocycles. The topological polar surface area (TPSA) is 55.1 Å². The highest BCUT2D eigenvalue weighted by Gasteiger charge is 2.07. The number of benzene rings is 1. The Balaban J connectivity index is 2.42. The summed E-state index contributed by atoms with van der Waals surface area (Å²) in [6, 6.07) is 5.96. The van der Waals surface area contributed by atoms with Crippen LogP contribution in [0.3, 0.4) is 0 Å². The van der Waals surface area contributed by atoms with E-state index in [1.165, 1.54) is 9.13 Å². The second-order valence-corrected chi connectivity index (χ2v) is 5.90. The van der Waals surface area contributed by atoms with Crippen molar-refractivity contribution in [2.45, 2.75) is 33.1 Å². The molecule has 1 aromatic rings. The zero-order chi connectivity index (χ0) is 13.5. The van der Waals surface area contributed by atoms with E-state index in [2.05, 4.69) is 41.8 Å². The second kappa shape index (κ2) is 7.74. The van der Waals surface area contributed by atoms with Gasteiger partial charge in [0.05, 0.1) is 0 Å². The first-order chi connectivity index (χ1) is 8.52. The van der Waals surface area contributed by atoms with Crippen LogP contribution in [-0.2, 0) is 4.79 Å². The van der Waals surface area contributed by atoms with Crippen LogP contribution in [0.2, 0.25) is 0 Å². The Kier molecular flexibility index (Phi) is 6.63. The van der Waals surface area contributed by atoms with Crippen LogP contribution in [0.1, 0.15) is 31.7 Å². The highest BCUT2D eigenvalue weighted by Crippen LogP contribution is 2.18. The zero-order valence-corrected chi connectivity index (χ0v) is 13.2. The fraction of sp³-hybridized carbons (Fsp3) is 0.500. The molecule has 18 heavy (non-hydrogen) atoms. The van der Waals surface area contributed by atoms with E-state index >= 15 is 0 Å². The van der Waals surface area contributed by atoms with Gasteiger partial charge in [-0.15, -0.1) is 0 Å². The molecule has 0 aliphatic carbocycles. The van der Waals surface area contributed by atoms with Crippen LogP contribution >= 0.6 is 22.6 Å². The van der Waals surface area contributed by atoms with E-state index in [1.54, 1.807) is 0 Å². The summed E-state index contributed by atoms with van der Waals surface area (Å²) in [4.78, 5) is 11.8. The number of carbonyl (C=O) groups is 1. The van der Waals surface area contributed by atoms with Crippen molar-refractivity contribution < 1.29 is 4.79 Å². The predicted molar refractivity (Wildman–Crippen MR) is 84.6 cm³/mol. The fourth-order valence-electron chi connectivity index (χ4n) is 1.70. The summed E-state index contributed by atoms with van der Waals surface area (Å²) in [6.07, 6.45) is 2.44. The average molecular weight is 360 g/mol. The van der Waals surface area contributed by atoms with Crippen LogP contribution in [0, 0.1) is 16.4 Å². The molecule has 0 aliphatic rings. The molecule has 0 heterocycles. The van der Waals surface area contributed by atoms with Gasteiger partial charge in [0.2, 0.25) is 5.91 Å². The van der Waals surface area contributed by atoms with Crippen molar-refractivity contribution in [1.82, 2.24) is 0 Å². The molecule has 3 nitrogen and oxygen atoms in total. The van der Waals surface area contributed by atoms with Gasteiger partial charge in [-0.3, -0.25) is 4.79 Å². The summed E-state index contributed by atoms with van der Waals surface area (Å²) < 4.78 is 1.17. The summed E-state index contributed by atoms with van der Waals surface area (Å²) in [5, 5.41) is 2.93. The lowest BCUT2D eigenvalue weighted by molar-refractivity contribution is -0.116. The second-order valence-electron chi connectivity index (χ2n) is 4.73. The molecule has 1 amide bonds. The van der Waals surface area contributed by atoms with Crippen LogP contribution < -0.4 is 11.1 Å². The number of hydrogen-bond donors (Lipinski definition) is 2. The lowest BCUT2D eigenvalue weighted by Crippen LogP contribution is -2.14. The van der Waals surface area contributed by atoms with Gasteiger partial charge in [-0.1, -0.05) is 13.0 Å². The van der Waals surface area contributed by atoms with Crippen molar-refractivity contribution in [3.63, 3.8) is 0 Å². The van der Waals surface area contributed by atoms with Crippen molar-refractivity contribution in [3.8, 4) is 0 Å². The molecule has 1 unspecified atom stereocenters. The van der Waals surface area contributed by atoms with Crippen molar-refractivity contribution in [2.75, 3.05) is 11.9 Å². The number of nitrogens with one attached hydrogen (secondary N) is 1. The highest BCUT2D eigenvalue weighted by atomic mass is 127. The first-order valence-corrected chi connectivity index (χ1v) is 7.37. The van der Waals surface area contributed by atoms with E-state index in [0.29, 0.717) is 18.9 Å². The van der Waals surface area contributed by atoms with Gasteiger partial charge < -0.3 is 11.1 Å². The number of halogens is 1. The Morgan fingerprint density at radius 3 is 2.78 bits per heavy atom. The smallest absolute Gasteiger partial charge is 0.224 e. The van der Waals surface area contributed by atoms with Crippen LogP contribution in [0.15, 0.2) is 18.2 Å². The summed E-state index contributed by atoms with van der Waals surface area (Å²) in [6.45, 7) is 4.88. The number of amides is 1. The van der Waals surface area contributed by atoms with E-state index in [-0.39, 0.29) is 5.91 Å². The number of nitrogens with two attached hydrogens (primary N) is 1. The van der Waals surface area contributed by atoms with Crippen LogP contribution in [-0.4, -0.2) is 12.5 Å². The Morgan fingerprint density at radius 1 is 1.44 bits per heavy atom. The lowest BCUT2D eigenvalue weighted by Gasteiger charge is -2.10. The number of hydrogen-bond acceptors (Lipinski definition) is 2.